The Balaban J connectivity index is 0.00000364. The van der Waals surface area contributed by atoms with Crippen LogP contribution in [0, 0.1) is 0 Å². The molecule has 1 aromatic heterocycles. The fraction of sp³-hybridized carbons (Fsp3) is 0.389. The summed E-state index contributed by atoms with van der Waals surface area (Å²) in [4.78, 5) is 15.9. The van der Waals surface area contributed by atoms with Gasteiger partial charge < -0.3 is 21.3 Å². The van der Waals surface area contributed by atoms with Crippen LogP contribution >= 0.6 is 24.0 Å². The highest BCUT2D eigenvalue weighted by molar-refractivity contribution is 14.0. The van der Waals surface area contributed by atoms with E-state index in [1.807, 2.05) is 55.9 Å². The van der Waals surface area contributed by atoms with Crippen molar-refractivity contribution >= 4 is 41.7 Å². The standard InChI is InChI=1S/C18H27N7O.HI/c1-13(2)23-18(26)24-15-7-5-14(6-8-15)11-20-17(19-3)21-12-16-9-10-22-25(16)4;/h5-10,13H,11-12H2,1-4H3,(H2,19,20,21)(H2,23,24,26);1H. The van der Waals surface area contributed by atoms with Gasteiger partial charge in [-0.2, -0.15) is 5.10 Å². The molecule has 8 nitrogen and oxygen atoms in total. The van der Waals surface area contributed by atoms with Crippen LogP contribution in [0.4, 0.5) is 10.5 Å². The molecule has 1 heterocycles. The monoisotopic (exact) mass is 485 g/mol. The number of guanidine groups is 1. The molecule has 2 amide bonds. The minimum atomic E-state index is -0.203. The third kappa shape index (κ3) is 7.85. The van der Waals surface area contributed by atoms with Crippen LogP contribution in [-0.4, -0.2) is 34.9 Å². The van der Waals surface area contributed by atoms with E-state index in [4.69, 9.17) is 0 Å². The first-order chi connectivity index (χ1) is 12.5. The van der Waals surface area contributed by atoms with Gasteiger partial charge in [-0.05, 0) is 37.6 Å². The van der Waals surface area contributed by atoms with Crippen molar-refractivity contribution in [3.05, 3.63) is 47.8 Å². The van der Waals surface area contributed by atoms with Crippen LogP contribution in [0.25, 0.3) is 0 Å². The van der Waals surface area contributed by atoms with Crippen molar-refractivity contribution in [2.24, 2.45) is 12.0 Å². The molecule has 9 heteroatoms. The number of rotatable bonds is 6. The number of aliphatic imine (C=N–C) groups is 1. The maximum absolute atomic E-state index is 11.7. The number of aromatic nitrogens is 2. The minimum absolute atomic E-state index is 0. The zero-order valence-corrected chi connectivity index (χ0v) is 18.4. The third-order valence-electron chi connectivity index (χ3n) is 3.67. The van der Waals surface area contributed by atoms with Crippen molar-refractivity contribution < 1.29 is 4.79 Å². The number of nitrogens with one attached hydrogen (secondary N) is 4. The number of anilines is 1. The molecule has 0 spiro atoms. The number of hydrogen-bond donors (Lipinski definition) is 4. The van der Waals surface area contributed by atoms with E-state index in [-0.39, 0.29) is 36.0 Å². The summed E-state index contributed by atoms with van der Waals surface area (Å²) in [7, 11) is 3.64. The van der Waals surface area contributed by atoms with Crippen molar-refractivity contribution in [1.82, 2.24) is 25.7 Å². The van der Waals surface area contributed by atoms with Crippen molar-refractivity contribution in [2.75, 3.05) is 12.4 Å². The Morgan fingerprint density at radius 3 is 2.37 bits per heavy atom. The quantitative estimate of drug-likeness (QED) is 0.287. The fourth-order valence-corrected chi connectivity index (χ4v) is 2.29. The lowest BCUT2D eigenvalue weighted by atomic mass is 10.2. The molecule has 0 saturated heterocycles. The lowest BCUT2D eigenvalue weighted by Crippen LogP contribution is -2.36. The van der Waals surface area contributed by atoms with Crippen LogP contribution in [0.2, 0.25) is 0 Å². The number of carbonyl (C=O) groups is 1. The molecule has 0 fully saturated rings. The third-order valence-corrected chi connectivity index (χ3v) is 3.67. The lowest BCUT2D eigenvalue weighted by molar-refractivity contribution is 0.250. The SMILES string of the molecule is CN=C(NCc1ccc(NC(=O)NC(C)C)cc1)NCc1ccnn1C.I. The number of carbonyl (C=O) groups excluding carboxylic acids is 1. The normalized spacial score (nSPS) is 10.9. The van der Waals surface area contributed by atoms with Gasteiger partial charge in [0.05, 0.1) is 12.2 Å². The van der Waals surface area contributed by atoms with Crippen LogP contribution in [0.3, 0.4) is 0 Å². The molecule has 1 aromatic carbocycles. The van der Waals surface area contributed by atoms with Gasteiger partial charge in [0.15, 0.2) is 5.96 Å². The summed E-state index contributed by atoms with van der Waals surface area (Å²) in [5, 5.41) is 16.2. The summed E-state index contributed by atoms with van der Waals surface area (Å²) in [6.45, 7) is 5.11. The molecule has 0 atom stereocenters. The predicted molar refractivity (Wildman–Crippen MR) is 119 cm³/mol. The summed E-state index contributed by atoms with van der Waals surface area (Å²) in [5.41, 5.74) is 2.91. The molecule has 0 aliphatic carbocycles. The Bertz CT molecular complexity index is 740. The number of aryl methyl sites for hydroxylation is 1. The second kappa shape index (κ2) is 11.4. The molecular formula is C18H28IN7O. The molecule has 148 valence electrons. The molecule has 0 radical (unpaired) electrons. The van der Waals surface area contributed by atoms with Gasteiger partial charge in [-0.15, -0.1) is 24.0 Å². The van der Waals surface area contributed by atoms with E-state index < -0.39 is 0 Å². The van der Waals surface area contributed by atoms with Crippen LogP contribution in [0.1, 0.15) is 25.1 Å². The Hall–Kier alpha value is -2.30. The number of urea groups is 1. The van der Waals surface area contributed by atoms with Crippen LogP contribution in [0.15, 0.2) is 41.5 Å². The van der Waals surface area contributed by atoms with E-state index in [0.717, 1.165) is 16.9 Å². The fourth-order valence-electron chi connectivity index (χ4n) is 2.29. The average Bonchev–Trinajstić information content (AvgIpc) is 3.01. The van der Waals surface area contributed by atoms with Crippen molar-refractivity contribution in [1.29, 1.82) is 0 Å². The molecule has 0 aliphatic rings. The van der Waals surface area contributed by atoms with Gasteiger partial charge in [-0.25, -0.2) is 4.79 Å². The predicted octanol–water partition coefficient (Wildman–Crippen LogP) is 2.43. The number of halogens is 1. The number of benzene rings is 1. The summed E-state index contributed by atoms with van der Waals surface area (Å²) < 4.78 is 1.82. The van der Waals surface area contributed by atoms with E-state index in [2.05, 4.69) is 31.4 Å². The van der Waals surface area contributed by atoms with E-state index in [9.17, 15) is 4.79 Å². The van der Waals surface area contributed by atoms with Gasteiger partial charge >= 0.3 is 6.03 Å². The van der Waals surface area contributed by atoms with Gasteiger partial charge in [-0.3, -0.25) is 9.67 Å². The Labute approximate surface area is 177 Å². The highest BCUT2D eigenvalue weighted by Gasteiger charge is 2.04. The van der Waals surface area contributed by atoms with Gasteiger partial charge in [-0.1, -0.05) is 12.1 Å². The lowest BCUT2D eigenvalue weighted by Gasteiger charge is -2.13. The Morgan fingerprint density at radius 1 is 1.15 bits per heavy atom. The van der Waals surface area contributed by atoms with Gasteiger partial charge in [0.25, 0.3) is 0 Å². The molecule has 0 saturated carbocycles. The molecule has 2 aromatic rings. The highest BCUT2D eigenvalue weighted by Crippen LogP contribution is 2.09. The molecular weight excluding hydrogens is 457 g/mol. The smallest absolute Gasteiger partial charge is 0.319 e. The Morgan fingerprint density at radius 2 is 1.81 bits per heavy atom. The summed E-state index contributed by atoms with van der Waals surface area (Å²) in [5.74, 6) is 0.713. The van der Waals surface area contributed by atoms with Crippen LogP contribution < -0.4 is 21.3 Å². The van der Waals surface area contributed by atoms with Crippen molar-refractivity contribution in [2.45, 2.75) is 33.0 Å². The van der Waals surface area contributed by atoms with E-state index in [1.54, 1.807) is 13.2 Å². The molecule has 2 rings (SSSR count). The van der Waals surface area contributed by atoms with Crippen LogP contribution in [0.5, 0.6) is 0 Å². The second-order valence-electron chi connectivity index (χ2n) is 6.18. The van der Waals surface area contributed by atoms with E-state index >= 15 is 0 Å². The summed E-state index contributed by atoms with van der Waals surface area (Å²) in [6.07, 6.45) is 1.77. The van der Waals surface area contributed by atoms with Gasteiger partial charge in [0.2, 0.25) is 0 Å². The zero-order chi connectivity index (χ0) is 18.9. The molecule has 27 heavy (non-hydrogen) atoms. The first kappa shape index (κ1) is 22.7. The summed E-state index contributed by atoms with van der Waals surface area (Å²) >= 11 is 0. The van der Waals surface area contributed by atoms with E-state index in [1.165, 1.54) is 0 Å². The molecule has 4 N–H and O–H groups in total. The number of hydrogen-bond acceptors (Lipinski definition) is 3. The van der Waals surface area contributed by atoms with E-state index in [0.29, 0.717) is 19.0 Å². The highest BCUT2D eigenvalue weighted by atomic mass is 127. The number of amides is 2. The molecule has 0 bridgehead atoms. The second-order valence-corrected chi connectivity index (χ2v) is 6.18. The Kier molecular flexibility index (Phi) is 9.62. The molecule has 0 unspecified atom stereocenters. The number of nitrogens with zero attached hydrogens (tertiary/aromatic N) is 3. The zero-order valence-electron chi connectivity index (χ0n) is 16.1. The maximum Gasteiger partial charge on any atom is 0.319 e. The van der Waals surface area contributed by atoms with Gasteiger partial charge in [0, 0.05) is 38.6 Å². The maximum atomic E-state index is 11.7. The van der Waals surface area contributed by atoms with Crippen molar-refractivity contribution in [3.8, 4) is 0 Å². The largest absolute Gasteiger partial charge is 0.352 e. The topological polar surface area (TPSA) is 95.4 Å². The molecule has 0 aliphatic heterocycles. The first-order valence-electron chi connectivity index (χ1n) is 8.55. The summed E-state index contributed by atoms with van der Waals surface area (Å²) in [6, 6.07) is 9.54. The first-order valence-corrected chi connectivity index (χ1v) is 8.55. The van der Waals surface area contributed by atoms with Crippen LogP contribution in [-0.2, 0) is 20.1 Å². The van der Waals surface area contributed by atoms with Crippen molar-refractivity contribution in [3.63, 3.8) is 0 Å². The average molecular weight is 485 g/mol. The minimum Gasteiger partial charge on any atom is -0.352 e. The van der Waals surface area contributed by atoms with Gasteiger partial charge in [0.1, 0.15) is 0 Å².